The average Bonchev–Trinajstić information content (AvgIpc) is 2.81. The van der Waals surface area contributed by atoms with Crippen LogP contribution in [0.15, 0.2) is 22.3 Å². The van der Waals surface area contributed by atoms with Gasteiger partial charge in [0.25, 0.3) is 0 Å². The summed E-state index contributed by atoms with van der Waals surface area (Å²) >= 11 is 0. The van der Waals surface area contributed by atoms with Crippen LogP contribution >= 0.6 is 0 Å². The normalized spacial score (nSPS) is 13.0. The lowest BCUT2D eigenvalue weighted by molar-refractivity contribution is 0.587. The van der Waals surface area contributed by atoms with Crippen LogP contribution in [0.4, 0.5) is 4.39 Å². The topological polar surface area (TPSA) is 110 Å². The van der Waals surface area contributed by atoms with Gasteiger partial charge in [0, 0.05) is 17.9 Å². The maximum atomic E-state index is 13.9. The van der Waals surface area contributed by atoms with Gasteiger partial charge in [0.2, 0.25) is 15.0 Å². The van der Waals surface area contributed by atoms with E-state index in [0.29, 0.717) is 22.9 Å². The minimum atomic E-state index is -3.86. The minimum absolute atomic E-state index is 0.0427. The van der Waals surface area contributed by atoms with Gasteiger partial charge in [-0.1, -0.05) is 6.92 Å². The monoisotopic (exact) mass is 371 g/mol. The summed E-state index contributed by atoms with van der Waals surface area (Å²) in [5.41, 5.74) is 1.18. The Kier molecular flexibility index (Phi) is 3.64. The van der Waals surface area contributed by atoms with Crippen molar-refractivity contribution < 1.29 is 21.2 Å². The Bertz CT molecular complexity index is 1200. The van der Waals surface area contributed by atoms with Crippen molar-refractivity contribution in [2.24, 2.45) is 0 Å². The van der Waals surface area contributed by atoms with Gasteiger partial charge in [0.05, 0.1) is 10.9 Å². The molecule has 0 atom stereocenters. The Morgan fingerprint density at radius 3 is 2.29 bits per heavy atom. The number of hydrogen-bond acceptors (Lipinski definition) is 6. The molecule has 3 aromatic rings. The van der Waals surface area contributed by atoms with E-state index < -0.39 is 35.7 Å². The van der Waals surface area contributed by atoms with Crippen LogP contribution in [-0.4, -0.2) is 44.3 Å². The maximum Gasteiger partial charge on any atom is 0.250 e. The summed E-state index contributed by atoms with van der Waals surface area (Å²) in [6.07, 6.45) is 2.31. The second kappa shape index (κ2) is 5.21. The molecule has 1 aromatic carbocycles. The lowest BCUT2D eigenvalue weighted by Crippen LogP contribution is -2.10. The fraction of sp³-hybridized carbons (Fsp3) is 0.286. The molecule has 2 aromatic heterocycles. The second-order valence-electron chi connectivity index (χ2n) is 5.55. The van der Waals surface area contributed by atoms with Gasteiger partial charge in [-0.3, -0.25) is 0 Å². The highest BCUT2D eigenvalue weighted by atomic mass is 32.2. The van der Waals surface area contributed by atoms with Crippen LogP contribution in [0.5, 0.6) is 0 Å². The summed E-state index contributed by atoms with van der Waals surface area (Å²) in [6, 6.07) is 2.52. The molecule has 128 valence electrons. The predicted octanol–water partition coefficient (Wildman–Crippen LogP) is 1.62. The molecule has 3 rings (SSSR count). The maximum absolute atomic E-state index is 13.9. The molecule has 0 fully saturated rings. The zero-order chi connectivity index (χ0) is 17.9. The molecule has 0 spiro atoms. The SMILES string of the molecule is CCc1cc(F)cc2c1[nH]c1nc(S(C)(=O)=O)nc(S(C)(=O)=O)c12. The van der Waals surface area contributed by atoms with E-state index in [1.165, 1.54) is 12.1 Å². The fourth-order valence-electron chi connectivity index (χ4n) is 2.59. The molecule has 0 aliphatic carbocycles. The van der Waals surface area contributed by atoms with Crippen molar-refractivity contribution in [3.8, 4) is 0 Å². The van der Waals surface area contributed by atoms with Crippen LogP contribution in [0.1, 0.15) is 12.5 Å². The molecule has 0 amide bonds. The van der Waals surface area contributed by atoms with Crippen molar-refractivity contribution in [1.29, 1.82) is 0 Å². The van der Waals surface area contributed by atoms with Crippen LogP contribution < -0.4 is 0 Å². The van der Waals surface area contributed by atoms with Crippen LogP contribution in [0.3, 0.4) is 0 Å². The first kappa shape index (κ1) is 16.8. The second-order valence-corrected chi connectivity index (χ2v) is 9.39. The molecular formula is C14H14FN3O4S2. The first-order valence-electron chi connectivity index (χ1n) is 6.94. The zero-order valence-corrected chi connectivity index (χ0v) is 14.7. The first-order valence-corrected chi connectivity index (χ1v) is 10.7. The molecule has 2 heterocycles. The van der Waals surface area contributed by atoms with Gasteiger partial charge in [-0.2, -0.15) is 0 Å². The lowest BCUT2D eigenvalue weighted by Gasteiger charge is -2.04. The summed E-state index contributed by atoms with van der Waals surface area (Å²) in [5.74, 6) is -0.521. The summed E-state index contributed by atoms with van der Waals surface area (Å²) in [6.45, 7) is 1.82. The number of aromatic amines is 1. The summed E-state index contributed by atoms with van der Waals surface area (Å²) in [4.78, 5) is 10.5. The number of rotatable bonds is 3. The van der Waals surface area contributed by atoms with Crippen molar-refractivity contribution in [3.63, 3.8) is 0 Å². The van der Waals surface area contributed by atoms with Crippen LogP contribution in [0, 0.1) is 5.82 Å². The number of aromatic nitrogens is 3. The van der Waals surface area contributed by atoms with E-state index in [4.69, 9.17) is 0 Å². The molecule has 0 radical (unpaired) electrons. The first-order chi connectivity index (χ1) is 11.0. The Labute approximate surface area is 137 Å². The molecule has 0 saturated carbocycles. The largest absolute Gasteiger partial charge is 0.339 e. The third-order valence-electron chi connectivity index (χ3n) is 3.62. The third-order valence-corrected chi connectivity index (χ3v) is 5.46. The van der Waals surface area contributed by atoms with E-state index in [9.17, 15) is 21.2 Å². The van der Waals surface area contributed by atoms with Crippen LogP contribution in [0.2, 0.25) is 0 Å². The van der Waals surface area contributed by atoms with Crippen molar-refractivity contribution >= 4 is 41.6 Å². The van der Waals surface area contributed by atoms with Gasteiger partial charge in [-0.05, 0) is 24.1 Å². The highest BCUT2D eigenvalue weighted by Gasteiger charge is 2.25. The number of nitrogens with one attached hydrogen (secondary N) is 1. The number of halogens is 1. The van der Waals surface area contributed by atoms with E-state index >= 15 is 0 Å². The molecule has 0 aliphatic rings. The summed E-state index contributed by atoms with van der Waals surface area (Å²) in [5, 5.41) is -0.635. The summed E-state index contributed by atoms with van der Waals surface area (Å²) in [7, 11) is -7.68. The minimum Gasteiger partial charge on any atom is -0.339 e. The quantitative estimate of drug-likeness (QED) is 0.553. The summed E-state index contributed by atoms with van der Waals surface area (Å²) < 4.78 is 61.6. The number of H-pyrrole nitrogens is 1. The van der Waals surface area contributed by atoms with Crippen LogP contribution in [0.25, 0.3) is 21.9 Å². The molecule has 0 unspecified atom stereocenters. The van der Waals surface area contributed by atoms with Gasteiger partial charge in [-0.25, -0.2) is 31.2 Å². The zero-order valence-electron chi connectivity index (χ0n) is 13.1. The van der Waals surface area contributed by atoms with E-state index in [0.717, 1.165) is 12.5 Å². The predicted molar refractivity (Wildman–Crippen MR) is 87.0 cm³/mol. The number of nitrogens with zero attached hydrogens (tertiary/aromatic N) is 2. The van der Waals surface area contributed by atoms with Gasteiger partial charge in [-0.15, -0.1) is 0 Å². The number of benzene rings is 1. The smallest absolute Gasteiger partial charge is 0.250 e. The van der Waals surface area contributed by atoms with Gasteiger partial charge < -0.3 is 4.98 Å². The fourth-order valence-corrected chi connectivity index (χ4v) is 4.00. The van der Waals surface area contributed by atoms with Crippen LogP contribution in [-0.2, 0) is 26.1 Å². The molecule has 0 aliphatic heterocycles. The average molecular weight is 371 g/mol. The molecule has 1 N–H and O–H groups in total. The molecule has 7 nitrogen and oxygen atoms in total. The van der Waals surface area contributed by atoms with E-state index in [1.54, 1.807) is 0 Å². The number of hydrogen-bond donors (Lipinski definition) is 1. The highest BCUT2D eigenvalue weighted by Crippen LogP contribution is 2.32. The van der Waals surface area contributed by atoms with Crippen molar-refractivity contribution in [1.82, 2.24) is 15.0 Å². The molecule has 10 heteroatoms. The molecule has 0 saturated heterocycles. The third kappa shape index (κ3) is 2.65. The Morgan fingerprint density at radius 2 is 1.75 bits per heavy atom. The van der Waals surface area contributed by atoms with Gasteiger partial charge in [0.15, 0.2) is 14.9 Å². The van der Waals surface area contributed by atoms with Gasteiger partial charge >= 0.3 is 0 Å². The highest BCUT2D eigenvalue weighted by molar-refractivity contribution is 7.91. The Balaban J connectivity index is 2.63. The number of sulfone groups is 2. The molecule has 0 bridgehead atoms. The van der Waals surface area contributed by atoms with Gasteiger partial charge in [0.1, 0.15) is 11.5 Å². The standard InChI is InChI=1S/C14H14FN3O4S2/c1-4-7-5-8(15)6-9-10-12(16-11(7)9)17-14(24(3,21)22)18-13(10)23(2,19)20/h5-6H,4H2,1-3H3,(H,16,17,18). The number of aryl methyl sites for hydroxylation is 1. The van der Waals surface area contributed by atoms with Crippen molar-refractivity contribution in [3.05, 3.63) is 23.5 Å². The van der Waals surface area contributed by atoms with Crippen molar-refractivity contribution in [2.75, 3.05) is 12.5 Å². The Hall–Kier alpha value is -2.07. The van der Waals surface area contributed by atoms with Crippen molar-refractivity contribution in [2.45, 2.75) is 23.5 Å². The molecule has 24 heavy (non-hydrogen) atoms. The molecular weight excluding hydrogens is 357 g/mol. The van der Waals surface area contributed by atoms with E-state index in [1.807, 2.05) is 6.92 Å². The van der Waals surface area contributed by atoms with E-state index in [-0.39, 0.29) is 11.0 Å². The Morgan fingerprint density at radius 1 is 1.08 bits per heavy atom. The lowest BCUT2D eigenvalue weighted by atomic mass is 10.1. The number of fused-ring (bicyclic) bond motifs is 3. The van der Waals surface area contributed by atoms with E-state index in [2.05, 4.69) is 15.0 Å².